The number of rotatable bonds is 6. The van der Waals surface area contributed by atoms with Crippen molar-refractivity contribution in [2.45, 2.75) is 53.4 Å². The number of carbonyl (C=O) groups is 1. The molecule has 0 saturated carbocycles. The van der Waals surface area contributed by atoms with E-state index in [1.54, 1.807) is 0 Å². The van der Waals surface area contributed by atoms with Gasteiger partial charge in [0.15, 0.2) is 5.65 Å². The van der Waals surface area contributed by atoms with Gasteiger partial charge in [-0.05, 0) is 43.0 Å². The molecule has 2 heterocycles. The van der Waals surface area contributed by atoms with Crippen molar-refractivity contribution in [2.75, 3.05) is 5.32 Å². The molecule has 1 amide bonds. The third kappa shape index (κ3) is 5.34. The van der Waals surface area contributed by atoms with Crippen LogP contribution in [0.25, 0.3) is 11.0 Å². The SMILES string of the molecule is Cc1cc(C)cc(NC(=O)CCn2c(=O)cc(C(F)(F)F)c3cn(CC(C)C)nc32)c1. The number of halogens is 3. The van der Waals surface area contributed by atoms with Crippen molar-refractivity contribution < 1.29 is 18.0 Å². The van der Waals surface area contributed by atoms with Gasteiger partial charge >= 0.3 is 6.18 Å². The molecular formula is C22H25F3N4O2. The highest BCUT2D eigenvalue weighted by molar-refractivity contribution is 5.91. The molecular weight excluding hydrogens is 409 g/mol. The number of aromatic nitrogens is 3. The minimum atomic E-state index is -4.68. The zero-order valence-electron chi connectivity index (χ0n) is 17.9. The highest BCUT2D eigenvalue weighted by Gasteiger charge is 2.35. The molecule has 3 aromatic rings. The average molecular weight is 434 g/mol. The Bertz CT molecular complexity index is 1160. The molecule has 0 spiro atoms. The Balaban J connectivity index is 1.90. The second-order valence-corrected chi connectivity index (χ2v) is 8.20. The van der Waals surface area contributed by atoms with E-state index >= 15 is 0 Å². The predicted octanol–water partition coefficient (Wildman–Crippen LogP) is 4.52. The van der Waals surface area contributed by atoms with E-state index in [9.17, 15) is 22.8 Å². The number of carbonyl (C=O) groups excluding carboxylic acids is 1. The van der Waals surface area contributed by atoms with Crippen molar-refractivity contribution in [2.24, 2.45) is 5.92 Å². The van der Waals surface area contributed by atoms with E-state index < -0.39 is 17.3 Å². The van der Waals surface area contributed by atoms with Crippen LogP contribution in [0.3, 0.4) is 0 Å². The maximum absolute atomic E-state index is 13.5. The number of benzene rings is 1. The van der Waals surface area contributed by atoms with E-state index in [0.717, 1.165) is 15.7 Å². The fourth-order valence-electron chi connectivity index (χ4n) is 3.59. The van der Waals surface area contributed by atoms with Crippen LogP contribution in [0.1, 0.15) is 37.0 Å². The van der Waals surface area contributed by atoms with Gasteiger partial charge in [0.2, 0.25) is 5.91 Å². The molecule has 3 rings (SSSR count). The number of hydrogen-bond acceptors (Lipinski definition) is 3. The van der Waals surface area contributed by atoms with Crippen LogP contribution < -0.4 is 10.9 Å². The number of amides is 1. The van der Waals surface area contributed by atoms with Crippen LogP contribution in [0.15, 0.2) is 35.3 Å². The Hall–Kier alpha value is -3.10. The lowest BCUT2D eigenvalue weighted by Crippen LogP contribution is -2.25. The number of anilines is 1. The molecule has 0 radical (unpaired) electrons. The van der Waals surface area contributed by atoms with Crippen molar-refractivity contribution in [3.63, 3.8) is 0 Å². The fourth-order valence-corrected chi connectivity index (χ4v) is 3.59. The second-order valence-electron chi connectivity index (χ2n) is 8.20. The molecule has 6 nitrogen and oxygen atoms in total. The lowest BCUT2D eigenvalue weighted by molar-refractivity contribution is -0.136. The number of fused-ring (bicyclic) bond motifs is 1. The number of nitrogens with one attached hydrogen (secondary N) is 1. The van der Waals surface area contributed by atoms with Crippen molar-refractivity contribution in [1.82, 2.24) is 14.3 Å². The Morgan fingerprint density at radius 2 is 1.77 bits per heavy atom. The molecule has 2 aromatic heterocycles. The van der Waals surface area contributed by atoms with Gasteiger partial charge in [-0.15, -0.1) is 0 Å². The minimum Gasteiger partial charge on any atom is -0.326 e. The summed E-state index contributed by atoms with van der Waals surface area (Å²) in [5.41, 5.74) is 0.693. The Morgan fingerprint density at radius 3 is 2.35 bits per heavy atom. The summed E-state index contributed by atoms with van der Waals surface area (Å²) in [5.74, 6) is -0.182. The molecule has 1 aromatic carbocycles. The summed E-state index contributed by atoms with van der Waals surface area (Å²) in [4.78, 5) is 24.9. The molecule has 166 valence electrons. The number of aryl methyl sites for hydroxylation is 3. The molecule has 0 bridgehead atoms. The van der Waals surface area contributed by atoms with Crippen LogP contribution >= 0.6 is 0 Å². The number of alkyl halides is 3. The lowest BCUT2D eigenvalue weighted by Gasteiger charge is -2.12. The topological polar surface area (TPSA) is 68.9 Å². The van der Waals surface area contributed by atoms with E-state index in [4.69, 9.17) is 0 Å². The van der Waals surface area contributed by atoms with Crippen molar-refractivity contribution in [3.8, 4) is 0 Å². The van der Waals surface area contributed by atoms with Gasteiger partial charge < -0.3 is 5.32 Å². The second kappa shape index (κ2) is 8.56. The van der Waals surface area contributed by atoms with E-state index in [-0.39, 0.29) is 35.8 Å². The lowest BCUT2D eigenvalue weighted by atomic mass is 10.1. The number of hydrogen-bond donors (Lipinski definition) is 1. The van der Waals surface area contributed by atoms with Crippen LogP contribution in [0.2, 0.25) is 0 Å². The van der Waals surface area contributed by atoms with E-state index in [1.165, 1.54) is 10.9 Å². The first kappa shape index (κ1) is 22.6. The number of nitrogens with zero attached hydrogens (tertiary/aromatic N) is 3. The van der Waals surface area contributed by atoms with Gasteiger partial charge in [0.1, 0.15) is 0 Å². The monoisotopic (exact) mass is 434 g/mol. The molecule has 0 atom stereocenters. The van der Waals surface area contributed by atoms with E-state index in [0.29, 0.717) is 18.3 Å². The first-order chi connectivity index (χ1) is 14.4. The Kier molecular flexibility index (Phi) is 6.24. The molecule has 31 heavy (non-hydrogen) atoms. The molecule has 9 heteroatoms. The summed E-state index contributed by atoms with van der Waals surface area (Å²) >= 11 is 0. The first-order valence-electron chi connectivity index (χ1n) is 10.0. The van der Waals surface area contributed by atoms with Crippen LogP contribution in [0.4, 0.5) is 18.9 Å². The quantitative estimate of drug-likeness (QED) is 0.620. The smallest absolute Gasteiger partial charge is 0.326 e. The van der Waals surface area contributed by atoms with Gasteiger partial charge in [-0.2, -0.15) is 18.3 Å². The van der Waals surface area contributed by atoms with Crippen molar-refractivity contribution in [1.29, 1.82) is 0 Å². The maximum Gasteiger partial charge on any atom is 0.417 e. The fraction of sp³-hybridized carbons (Fsp3) is 0.409. The largest absolute Gasteiger partial charge is 0.417 e. The Morgan fingerprint density at radius 1 is 1.13 bits per heavy atom. The Labute approximate surface area is 177 Å². The van der Waals surface area contributed by atoms with Crippen molar-refractivity contribution in [3.05, 3.63) is 57.5 Å². The normalized spacial score (nSPS) is 12.0. The van der Waals surface area contributed by atoms with Gasteiger partial charge in [-0.25, -0.2) is 0 Å². The van der Waals surface area contributed by atoms with Crippen LogP contribution in [0, 0.1) is 19.8 Å². The predicted molar refractivity (Wildman–Crippen MR) is 113 cm³/mol. The molecule has 0 fully saturated rings. The average Bonchev–Trinajstić information content (AvgIpc) is 3.00. The van der Waals surface area contributed by atoms with Gasteiger partial charge in [0.05, 0.1) is 5.56 Å². The van der Waals surface area contributed by atoms with E-state index in [1.807, 2.05) is 45.9 Å². The number of pyridine rings is 1. The van der Waals surface area contributed by atoms with Gasteiger partial charge in [-0.1, -0.05) is 19.9 Å². The molecule has 0 saturated heterocycles. The van der Waals surface area contributed by atoms with Gasteiger partial charge in [-0.3, -0.25) is 18.8 Å². The molecule has 1 N–H and O–H groups in total. The summed E-state index contributed by atoms with van der Waals surface area (Å²) < 4.78 is 43.0. The summed E-state index contributed by atoms with van der Waals surface area (Å²) in [7, 11) is 0. The summed E-state index contributed by atoms with van der Waals surface area (Å²) in [6, 6.07) is 6.19. The zero-order valence-corrected chi connectivity index (χ0v) is 17.9. The molecule has 0 aliphatic heterocycles. The molecule has 0 aliphatic rings. The first-order valence-corrected chi connectivity index (χ1v) is 10.0. The zero-order chi connectivity index (χ0) is 22.9. The summed E-state index contributed by atoms with van der Waals surface area (Å²) in [6.45, 7) is 7.99. The van der Waals surface area contributed by atoms with Gasteiger partial charge in [0.25, 0.3) is 5.56 Å². The summed E-state index contributed by atoms with van der Waals surface area (Å²) in [6.07, 6.45) is -3.45. The highest BCUT2D eigenvalue weighted by atomic mass is 19.4. The standard InChI is InChI=1S/C22H25F3N4O2/c1-13(2)11-28-12-17-18(22(23,24)25)10-20(31)29(21(17)27-28)6-5-19(30)26-16-8-14(3)7-15(4)9-16/h7-10,12-13H,5-6,11H2,1-4H3,(H,26,30). The van der Waals surface area contributed by atoms with Crippen LogP contribution in [0.5, 0.6) is 0 Å². The molecule has 0 aliphatic carbocycles. The third-order valence-corrected chi connectivity index (χ3v) is 4.75. The van der Waals surface area contributed by atoms with Gasteiger partial charge in [0, 0.05) is 42.8 Å². The van der Waals surface area contributed by atoms with E-state index in [2.05, 4.69) is 10.4 Å². The highest BCUT2D eigenvalue weighted by Crippen LogP contribution is 2.33. The minimum absolute atomic E-state index is 0.0697. The van der Waals surface area contributed by atoms with Crippen LogP contribution in [-0.4, -0.2) is 20.3 Å². The third-order valence-electron chi connectivity index (χ3n) is 4.75. The van der Waals surface area contributed by atoms with Crippen LogP contribution in [-0.2, 0) is 24.1 Å². The van der Waals surface area contributed by atoms with Crippen molar-refractivity contribution >= 4 is 22.6 Å². The maximum atomic E-state index is 13.5. The molecule has 0 unspecified atom stereocenters. The summed E-state index contributed by atoms with van der Waals surface area (Å²) in [5, 5.41) is 6.84.